The van der Waals surface area contributed by atoms with Crippen molar-refractivity contribution in [2.45, 2.75) is 67.0 Å². The van der Waals surface area contributed by atoms with Gasteiger partial charge in [0.15, 0.2) is 5.78 Å². The predicted molar refractivity (Wildman–Crippen MR) is 104 cm³/mol. The van der Waals surface area contributed by atoms with Crippen LogP contribution in [0, 0.1) is 25.7 Å². The van der Waals surface area contributed by atoms with Crippen molar-refractivity contribution in [2.75, 3.05) is 13.7 Å². The number of methoxy groups -OCH3 is 1. The molecule has 1 unspecified atom stereocenters. The van der Waals surface area contributed by atoms with E-state index in [1.807, 2.05) is 32.3 Å². The maximum Gasteiger partial charge on any atom is 0.354 e. The summed E-state index contributed by atoms with van der Waals surface area (Å²) in [7, 11) is 1.34. The molecule has 1 amide bonds. The van der Waals surface area contributed by atoms with Crippen LogP contribution in [0.4, 0.5) is 0 Å². The van der Waals surface area contributed by atoms with Crippen LogP contribution in [0.25, 0.3) is 0 Å². The van der Waals surface area contributed by atoms with E-state index >= 15 is 0 Å². The molecule has 1 heterocycles. The van der Waals surface area contributed by atoms with Crippen LogP contribution in [0.5, 0.6) is 0 Å². The Balaban J connectivity index is 2.44. The molecule has 27 heavy (non-hydrogen) atoms. The number of esters is 1. The third-order valence-electron chi connectivity index (χ3n) is 5.33. The lowest BCUT2D eigenvalue weighted by atomic mass is 9.98. The fourth-order valence-electron chi connectivity index (χ4n) is 3.76. The number of hydrogen-bond donors (Lipinski definition) is 0. The molecule has 2 rings (SSSR count). The molecule has 150 valence electrons. The lowest BCUT2D eigenvalue weighted by Crippen LogP contribution is -2.46. The van der Waals surface area contributed by atoms with Crippen LogP contribution >= 0.6 is 0 Å². The Hall–Kier alpha value is -2.11. The largest absolute Gasteiger partial charge is 0.464 e. The highest BCUT2D eigenvalue weighted by atomic mass is 16.5. The summed E-state index contributed by atoms with van der Waals surface area (Å²) in [5.41, 5.74) is 2.32. The molecule has 1 atom stereocenters. The summed E-state index contributed by atoms with van der Waals surface area (Å²) in [5.74, 6) is -0.153. The topological polar surface area (TPSA) is 68.6 Å². The van der Waals surface area contributed by atoms with Gasteiger partial charge in [0.05, 0.1) is 13.2 Å². The fraction of sp³-hybridized carbons (Fsp3) is 0.667. The number of amides is 1. The summed E-state index contributed by atoms with van der Waals surface area (Å²) in [6.07, 6.45) is 1.82. The Morgan fingerprint density at radius 1 is 1.19 bits per heavy atom. The lowest BCUT2D eigenvalue weighted by molar-refractivity contribution is -0.134. The Morgan fingerprint density at radius 2 is 1.78 bits per heavy atom. The van der Waals surface area contributed by atoms with Crippen LogP contribution in [0.1, 0.15) is 72.6 Å². The Labute approximate surface area is 161 Å². The van der Waals surface area contributed by atoms with Gasteiger partial charge >= 0.3 is 5.97 Å². The van der Waals surface area contributed by atoms with Gasteiger partial charge in [-0.1, -0.05) is 13.8 Å². The molecule has 1 fully saturated rings. The molecule has 6 nitrogen and oxygen atoms in total. The van der Waals surface area contributed by atoms with E-state index in [2.05, 4.69) is 0 Å². The molecular formula is C21H32N2O4. The SMILES string of the molecule is CCn1c(C)c(C(=O)C(C)N(CC(C)C)C(=O)C2CC2)c(C)c1C(=O)OC. The smallest absolute Gasteiger partial charge is 0.354 e. The molecule has 0 radical (unpaired) electrons. The van der Waals surface area contributed by atoms with Gasteiger partial charge in [0.2, 0.25) is 5.91 Å². The summed E-state index contributed by atoms with van der Waals surface area (Å²) >= 11 is 0. The second-order valence-corrected chi connectivity index (χ2v) is 7.87. The molecule has 1 aliphatic rings. The number of carbonyl (C=O) groups is 3. The van der Waals surface area contributed by atoms with Crippen molar-refractivity contribution < 1.29 is 19.1 Å². The van der Waals surface area contributed by atoms with Gasteiger partial charge in [-0.2, -0.15) is 0 Å². The first-order chi connectivity index (χ1) is 12.6. The zero-order valence-electron chi connectivity index (χ0n) is 17.6. The molecule has 0 N–H and O–H groups in total. The zero-order valence-corrected chi connectivity index (χ0v) is 17.6. The average molecular weight is 376 g/mol. The Bertz CT molecular complexity index is 744. The molecule has 0 spiro atoms. The van der Waals surface area contributed by atoms with Crippen molar-refractivity contribution in [1.29, 1.82) is 0 Å². The number of aromatic nitrogens is 1. The number of ketones is 1. The van der Waals surface area contributed by atoms with Gasteiger partial charge < -0.3 is 14.2 Å². The number of nitrogens with zero attached hydrogens (tertiary/aromatic N) is 2. The summed E-state index contributed by atoms with van der Waals surface area (Å²) < 4.78 is 6.73. The van der Waals surface area contributed by atoms with Crippen molar-refractivity contribution in [2.24, 2.45) is 11.8 Å². The number of hydrogen-bond acceptors (Lipinski definition) is 4. The van der Waals surface area contributed by atoms with Crippen molar-refractivity contribution in [3.8, 4) is 0 Å². The van der Waals surface area contributed by atoms with E-state index in [-0.39, 0.29) is 23.5 Å². The normalized spacial score (nSPS) is 15.0. The first-order valence-electron chi connectivity index (χ1n) is 9.78. The molecule has 6 heteroatoms. The number of carbonyl (C=O) groups excluding carboxylic acids is 3. The molecule has 0 bridgehead atoms. The first kappa shape index (κ1) is 21.2. The molecule has 0 aliphatic heterocycles. The summed E-state index contributed by atoms with van der Waals surface area (Å²) in [4.78, 5) is 40.1. The maximum atomic E-state index is 13.4. The predicted octanol–water partition coefficient (Wildman–Crippen LogP) is 3.38. The lowest BCUT2D eigenvalue weighted by Gasteiger charge is -2.30. The fourth-order valence-corrected chi connectivity index (χ4v) is 3.76. The standard InChI is InChI=1S/C21H32N2O4/c1-8-22-14(5)17(13(4)18(22)21(26)27-7)19(24)15(6)23(11-12(2)3)20(25)16-9-10-16/h12,15-16H,8-11H2,1-7H3. The van der Waals surface area contributed by atoms with Gasteiger partial charge in [-0.3, -0.25) is 9.59 Å². The third-order valence-corrected chi connectivity index (χ3v) is 5.33. The van der Waals surface area contributed by atoms with E-state index < -0.39 is 12.0 Å². The Morgan fingerprint density at radius 3 is 2.22 bits per heavy atom. The van der Waals surface area contributed by atoms with Crippen LogP contribution < -0.4 is 0 Å². The third kappa shape index (κ3) is 4.09. The number of Topliss-reactive ketones (excluding diaryl/α,β-unsaturated/α-hetero) is 1. The van der Waals surface area contributed by atoms with Crippen LogP contribution in [0.15, 0.2) is 0 Å². The van der Waals surface area contributed by atoms with Crippen LogP contribution in [0.2, 0.25) is 0 Å². The van der Waals surface area contributed by atoms with E-state index in [4.69, 9.17) is 4.74 Å². The van der Waals surface area contributed by atoms with Crippen molar-refractivity contribution >= 4 is 17.7 Å². The monoisotopic (exact) mass is 376 g/mol. The minimum atomic E-state index is -0.559. The van der Waals surface area contributed by atoms with E-state index in [9.17, 15) is 14.4 Å². The number of rotatable bonds is 8. The highest BCUT2D eigenvalue weighted by Crippen LogP contribution is 2.33. The molecule has 1 saturated carbocycles. The van der Waals surface area contributed by atoms with Gasteiger partial charge in [-0.15, -0.1) is 0 Å². The van der Waals surface area contributed by atoms with Gasteiger partial charge in [-0.05, 0) is 52.0 Å². The molecule has 1 aromatic heterocycles. The van der Waals surface area contributed by atoms with Crippen molar-refractivity contribution in [3.05, 3.63) is 22.5 Å². The van der Waals surface area contributed by atoms with Gasteiger partial charge in [0, 0.05) is 30.3 Å². The molecule has 0 saturated heterocycles. The van der Waals surface area contributed by atoms with E-state index in [1.165, 1.54) is 7.11 Å². The Kier molecular flexibility index (Phi) is 6.50. The van der Waals surface area contributed by atoms with E-state index in [1.54, 1.807) is 18.7 Å². The minimum Gasteiger partial charge on any atom is -0.464 e. The van der Waals surface area contributed by atoms with Gasteiger partial charge in [-0.25, -0.2) is 4.79 Å². The average Bonchev–Trinajstić information content (AvgIpc) is 3.43. The molecule has 0 aromatic carbocycles. The van der Waals surface area contributed by atoms with Crippen LogP contribution in [-0.4, -0.2) is 46.8 Å². The summed E-state index contributed by atoms with van der Waals surface area (Å²) in [5, 5.41) is 0. The van der Waals surface area contributed by atoms with Gasteiger partial charge in [0.25, 0.3) is 0 Å². The van der Waals surface area contributed by atoms with E-state index in [0.717, 1.165) is 18.5 Å². The highest BCUT2D eigenvalue weighted by molar-refractivity contribution is 6.06. The number of ether oxygens (including phenoxy) is 1. The zero-order chi connectivity index (χ0) is 20.5. The van der Waals surface area contributed by atoms with Crippen molar-refractivity contribution in [1.82, 2.24) is 9.47 Å². The van der Waals surface area contributed by atoms with E-state index in [0.29, 0.717) is 29.9 Å². The first-order valence-corrected chi connectivity index (χ1v) is 9.78. The second kappa shape index (κ2) is 8.28. The highest BCUT2D eigenvalue weighted by Gasteiger charge is 2.38. The van der Waals surface area contributed by atoms with Gasteiger partial charge in [0.1, 0.15) is 5.69 Å². The summed E-state index contributed by atoms with van der Waals surface area (Å²) in [6, 6.07) is -0.559. The quantitative estimate of drug-likeness (QED) is 0.515. The molecule has 1 aliphatic carbocycles. The van der Waals surface area contributed by atoms with Crippen LogP contribution in [-0.2, 0) is 16.1 Å². The minimum absolute atomic E-state index is 0.0621. The maximum absolute atomic E-state index is 13.4. The summed E-state index contributed by atoms with van der Waals surface area (Å²) in [6.45, 7) is 12.6. The van der Waals surface area contributed by atoms with Crippen LogP contribution in [0.3, 0.4) is 0 Å². The second-order valence-electron chi connectivity index (χ2n) is 7.87. The molecule has 1 aromatic rings. The molecular weight excluding hydrogens is 344 g/mol. The van der Waals surface area contributed by atoms with Crippen molar-refractivity contribution in [3.63, 3.8) is 0 Å².